The number of likely N-dealkylation sites (N-methyl/N-ethyl adjacent to an activating group) is 1. The third kappa shape index (κ3) is 15.6. The molecule has 9 N–H and O–H groups in total. The zero-order valence-electron chi connectivity index (χ0n) is 34.4. The van der Waals surface area contributed by atoms with Gasteiger partial charge in [0.05, 0.1) is 13.0 Å². The van der Waals surface area contributed by atoms with Crippen LogP contribution in [0.2, 0.25) is 0 Å². The summed E-state index contributed by atoms with van der Waals surface area (Å²) in [5.74, 6) is -4.15. The maximum atomic E-state index is 12.5. The van der Waals surface area contributed by atoms with Crippen molar-refractivity contribution in [2.75, 3.05) is 20.3 Å². The molecule has 0 saturated carbocycles. The summed E-state index contributed by atoms with van der Waals surface area (Å²) in [4.78, 5) is 48.9. The number of carbonyl (C=O) groups excluding carboxylic acids is 2. The van der Waals surface area contributed by atoms with Crippen LogP contribution in [0.3, 0.4) is 0 Å². The number of aliphatic hydroxyl groups is 7. The maximum Gasteiger partial charge on any atom is 0.335 e. The van der Waals surface area contributed by atoms with Crippen molar-refractivity contribution in [3.63, 3.8) is 0 Å². The van der Waals surface area contributed by atoms with Crippen LogP contribution in [0.4, 0.5) is 0 Å². The van der Waals surface area contributed by atoms with Crippen LogP contribution in [0.25, 0.3) is 0 Å². The Morgan fingerprint density at radius 2 is 1.12 bits per heavy atom. The van der Waals surface area contributed by atoms with E-state index in [1.54, 1.807) is 0 Å². The van der Waals surface area contributed by atoms with Crippen LogP contribution >= 0.6 is 0 Å². The van der Waals surface area contributed by atoms with Gasteiger partial charge in [-0.05, 0) is 12.8 Å². The minimum absolute atomic E-state index is 0.164. The van der Waals surface area contributed by atoms with E-state index in [2.05, 4.69) is 0 Å². The highest BCUT2D eigenvalue weighted by molar-refractivity contribution is 6.21. The summed E-state index contributed by atoms with van der Waals surface area (Å²) in [6, 6.07) is -0.987. The molecule has 340 valence electrons. The molecule has 0 aromatic heterocycles. The summed E-state index contributed by atoms with van der Waals surface area (Å²) >= 11 is 0. The molecule has 2 saturated heterocycles. The average Bonchev–Trinajstić information content (AvgIpc) is 3.41. The standard InChI is InChI=1S/C41H69NO17/c1-42-25(23-28(45)46)30(47)29(38(42)53)26(44)21-19-17-15-13-11-9-7-5-3-2-4-6-8-10-12-14-16-18-20-22-56-40-35(52)33(50)36(37(59-40)39(54)55)58-41-34(51)32(49)31(48)27(24-43)57-41/h25,27,31-37,40-41,43,47-52H,2-24H2,1H3,(H,45,46)(H,54,55)/t25-,27?,31-,32?,33?,34?,35?,36-,37?,40+,41-/m0/s1. The number of carbonyl (C=O) groups is 4. The Morgan fingerprint density at radius 1 is 0.644 bits per heavy atom. The van der Waals surface area contributed by atoms with Crippen LogP contribution in [0.15, 0.2) is 11.3 Å². The number of nitrogens with zero attached hydrogens (tertiary/aromatic N) is 1. The van der Waals surface area contributed by atoms with Gasteiger partial charge in [0, 0.05) is 20.1 Å². The lowest BCUT2D eigenvalue weighted by Crippen LogP contribution is -2.65. The van der Waals surface area contributed by atoms with Crippen molar-refractivity contribution in [3.8, 4) is 0 Å². The van der Waals surface area contributed by atoms with E-state index in [-0.39, 0.29) is 18.6 Å². The first-order chi connectivity index (χ1) is 28.2. The molecule has 1 amide bonds. The number of hydrogen-bond acceptors (Lipinski definition) is 15. The van der Waals surface area contributed by atoms with E-state index in [1.165, 1.54) is 64.8 Å². The summed E-state index contributed by atoms with van der Waals surface area (Å²) in [6.07, 6.45) is 3.29. The van der Waals surface area contributed by atoms with Gasteiger partial charge in [0.15, 0.2) is 24.5 Å². The first kappa shape index (κ1) is 50.6. The van der Waals surface area contributed by atoms with Gasteiger partial charge >= 0.3 is 11.9 Å². The maximum absolute atomic E-state index is 12.5. The van der Waals surface area contributed by atoms with Crippen LogP contribution in [0, 0.1) is 0 Å². The summed E-state index contributed by atoms with van der Waals surface area (Å²) in [7, 11) is 1.39. The summed E-state index contributed by atoms with van der Waals surface area (Å²) in [5, 5.41) is 89.9. The molecule has 18 heteroatoms. The second-order valence-corrected chi connectivity index (χ2v) is 16.1. The van der Waals surface area contributed by atoms with E-state index in [9.17, 15) is 60.0 Å². The van der Waals surface area contributed by atoms with Crippen molar-refractivity contribution in [3.05, 3.63) is 11.3 Å². The fraction of sp³-hybridized carbons (Fsp3) is 0.854. The Kier molecular flexibility index (Phi) is 22.7. The molecule has 3 aliphatic heterocycles. The number of amides is 1. The van der Waals surface area contributed by atoms with E-state index in [0.29, 0.717) is 12.8 Å². The molecule has 0 aliphatic carbocycles. The zero-order chi connectivity index (χ0) is 43.5. The third-order valence-corrected chi connectivity index (χ3v) is 11.5. The van der Waals surface area contributed by atoms with Gasteiger partial charge in [0.25, 0.3) is 5.91 Å². The molecule has 11 atom stereocenters. The Hall–Kier alpha value is -2.78. The fourth-order valence-corrected chi connectivity index (χ4v) is 7.82. The second-order valence-electron chi connectivity index (χ2n) is 16.1. The summed E-state index contributed by atoms with van der Waals surface area (Å²) in [6.45, 7) is -0.569. The first-order valence-corrected chi connectivity index (χ1v) is 21.5. The largest absolute Gasteiger partial charge is 0.509 e. The summed E-state index contributed by atoms with van der Waals surface area (Å²) < 4.78 is 21.6. The molecule has 0 aromatic rings. The van der Waals surface area contributed by atoms with Gasteiger partial charge in [-0.15, -0.1) is 0 Å². The molecule has 0 spiro atoms. The van der Waals surface area contributed by atoms with E-state index in [1.807, 2.05) is 0 Å². The van der Waals surface area contributed by atoms with E-state index in [0.717, 1.165) is 56.3 Å². The number of ketones is 1. The van der Waals surface area contributed by atoms with Crippen molar-refractivity contribution in [1.29, 1.82) is 0 Å². The molecular formula is C41H69NO17. The lowest BCUT2D eigenvalue weighted by Gasteiger charge is -2.45. The monoisotopic (exact) mass is 847 g/mol. The van der Waals surface area contributed by atoms with Gasteiger partial charge in [-0.2, -0.15) is 0 Å². The zero-order valence-corrected chi connectivity index (χ0v) is 34.4. The van der Waals surface area contributed by atoms with Gasteiger partial charge in [0.1, 0.15) is 60.1 Å². The van der Waals surface area contributed by atoms with Gasteiger partial charge < -0.3 is 69.8 Å². The SMILES string of the molecule is CN1C(=O)C(C(=O)CCCCCCCCCCCCCCCCCCCCCO[C@@H]2OC(C(=O)O)[C@@H](O[C@@H]3OC(CO)[C@H](O)C(O)C3O)C(O)C2O)=C(O)[C@@H]1CC(=O)O. The number of aliphatic carboxylic acids is 2. The molecule has 3 aliphatic rings. The molecular weight excluding hydrogens is 778 g/mol. The number of unbranched alkanes of at least 4 members (excludes halogenated alkanes) is 18. The highest BCUT2D eigenvalue weighted by Crippen LogP contribution is 2.31. The van der Waals surface area contributed by atoms with Crippen LogP contribution in [-0.4, -0.2) is 162 Å². The molecule has 18 nitrogen and oxygen atoms in total. The minimum atomic E-state index is -1.84. The Balaban J connectivity index is 1.11. The quantitative estimate of drug-likeness (QED) is 0.0370. The highest BCUT2D eigenvalue weighted by Gasteiger charge is 2.53. The third-order valence-electron chi connectivity index (χ3n) is 11.5. The number of rotatable bonds is 30. The molecule has 3 rings (SSSR count). The minimum Gasteiger partial charge on any atom is -0.509 e. The Morgan fingerprint density at radius 3 is 1.59 bits per heavy atom. The van der Waals surface area contributed by atoms with Crippen molar-refractivity contribution in [2.24, 2.45) is 0 Å². The van der Waals surface area contributed by atoms with Crippen LogP contribution < -0.4 is 0 Å². The second kappa shape index (κ2) is 26.5. The van der Waals surface area contributed by atoms with Crippen molar-refractivity contribution in [2.45, 2.75) is 202 Å². The van der Waals surface area contributed by atoms with E-state index in [4.69, 9.17) is 24.1 Å². The molecule has 2 fully saturated rings. The first-order valence-electron chi connectivity index (χ1n) is 21.5. The number of carboxylic acid groups (broad SMARTS) is 2. The number of Topliss-reactive ketones (excluding diaryl/α,β-unsaturated/α-hetero) is 1. The van der Waals surface area contributed by atoms with E-state index < -0.39 is 110 Å². The van der Waals surface area contributed by atoms with E-state index >= 15 is 0 Å². The molecule has 3 heterocycles. The predicted molar refractivity (Wildman–Crippen MR) is 209 cm³/mol. The lowest BCUT2D eigenvalue weighted by molar-refractivity contribution is -0.354. The van der Waals surface area contributed by atoms with Crippen LogP contribution in [0.1, 0.15) is 135 Å². The normalized spacial score (nSPS) is 30.0. The van der Waals surface area contributed by atoms with Gasteiger partial charge in [0.2, 0.25) is 0 Å². The fourth-order valence-electron chi connectivity index (χ4n) is 7.82. The molecule has 0 bridgehead atoms. The lowest BCUT2D eigenvalue weighted by atomic mass is 9.97. The average molecular weight is 848 g/mol. The van der Waals surface area contributed by atoms with Crippen molar-refractivity contribution in [1.82, 2.24) is 4.90 Å². The Labute approximate surface area is 346 Å². The van der Waals surface area contributed by atoms with Gasteiger partial charge in [-0.1, -0.05) is 109 Å². The van der Waals surface area contributed by atoms with Gasteiger partial charge in [-0.3, -0.25) is 14.4 Å². The number of ether oxygens (including phenoxy) is 4. The Bertz CT molecular complexity index is 1330. The smallest absolute Gasteiger partial charge is 0.335 e. The number of aliphatic hydroxyl groups excluding tert-OH is 7. The topological polar surface area (TPSA) is 291 Å². The summed E-state index contributed by atoms with van der Waals surface area (Å²) in [5.41, 5.74) is -0.265. The van der Waals surface area contributed by atoms with Crippen LogP contribution in [0.5, 0.6) is 0 Å². The highest BCUT2D eigenvalue weighted by atomic mass is 16.7. The number of hydrogen-bond donors (Lipinski definition) is 9. The van der Waals surface area contributed by atoms with Crippen molar-refractivity contribution < 1.29 is 84.1 Å². The number of carboxylic acids is 2. The molecule has 0 radical (unpaired) electrons. The van der Waals surface area contributed by atoms with Crippen molar-refractivity contribution >= 4 is 23.6 Å². The molecule has 59 heavy (non-hydrogen) atoms. The van der Waals surface area contributed by atoms with Crippen LogP contribution in [-0.2, 0) is 38.1 Å². The predicted octanol–water partition coefficient (Wildman–Crippen LogP) is 2.22. The molecule has 6 unspecified atom stereocenters. The molecule has 0 aromatic carbocycles. The van der Waals surface area contributed by atoms with Gasteiger partial charge in [-0.25, -0.2) is 4.79 Å².